The average molecular weight is 520 g/mol. The van der Waals surface area contributed by atoms with Crippen molar-refractivity contribution in [2.75, 3.05) is 29.3 Å². The number of halogens is 1. The summed E-state index contributed by atoms with van der Waals surface area (Å²) in [5, 5.41) is 5.33. The number of carbonyl (C=O) groups is 4. The molecule has 1 aliphatic rings. The standard InChI is InChI=1S/C27H22ClN3O6/c1-3-37-27(35)16-11-13-19(14-12-16)31-25(33)22(28)23(26(31)34)29-18-8-6-7-17(15-18)24(32)30-20-9-4-5-10-21(20)36-2/h4-15,29H,3H2,1-2H3,(H,30,32). The Hall–Kier alpha value is -4.63. The summed E-state index contributed by atoms with van der Waals surface area (Å²) in [6.07, 6.45) is 0. The highest BCUT2D eigenvalue weighted by molar-refractivity contribution is 6.53. The minimum absolute atomic E-state index is 0.136. The highest BCUT2D eigenvalue weighted by Gasteiger charge is 2.39. The van der Waals surface area contributed by atoms with Gasteiger partial charge in [-0.2, -0.15) is 0 Å². The zero-order valence-electron chi connectivity index (χ0n) is 19.9. The van der Waals surface area contributed by atoms with E-state index in [-0.39, 0.29) is 28.6 Å². The topological polar surface area (TPSA) is 114 Å². The van der Waals surface area contributed by atoms with Gasteiger partial charge >= 0.3 is 5.97 Å². The molecule has 0 saturated carbocycles. The van der Waals surface area contributed by atoms with Crippen LogP contribution in [0.15, 0.2) is 83.5 Å². The second kappa shape index (κ2) is 11.0. The second-order valence-corrected chi connectivity index (χ2v) is 8.14. The van der Waals surface area contributed by atoms with Crippen LogP contribution in [0.5, 0.6) is 5.75 Å². The summed E-state index contributed by atoms with van der Waals surface area (Å²) in [5.74, 6) is -1.80. The van der Waals surface area contributed by atoms with E-state index in [1.807, 2.05) is 0 Å². The van der Waals surface area contributed by atoms with Crippen molar-refractivity contribution in [3.8, 4) is 5.75 Å². The maximum Gasteiger partial charge on any atom is 0.338 e. The Bertz CT molecular complexity index is 1420. The first-order valence-electron chi connectivity index (χ1n) is 11.2. The van der Waals surface area contributed by atoms with E-state index in [0.717, 1.165) is 4.90 Å². The molecule has 0 unspecified atom stereocenters. The normalized spacial score (nSPS) is 13.0. The van der Waals surface area contributed by atoms with Crippen LogP contribution in [-0.4, -0.2) is 37.4 Å². The number of para-hydroxylation sites is 2. The molecule has 0 aromatic heterocycles. The number of nitrogens with one attached hydrogen (secondary N) is 2. The summed E-state index contributed by atoms with van der Waals surface area (Å²) in [6, 6.07) is 19.2. The molecule has 1 aliphatic heterocycles. The summed E-state index contributed by atoms with van der Waals surface area (Å²) in [7, 11) is 1.50. The van der Waals surface area contributed by atoms with Crippen LogP contribution in [0.4, 0.5) is 17.1 Å². The third-order valence-corrected chi connectivity index (χ3v) is 5.76. The number of ether oxygens (including phenoxy) is 2. The van der Waals surface area contributed by atoms with Gasteiger partial charge in [0.1, 0.15) is 16.5 Å². The van der Waals surface area contributed by atoms with Crippen LogP contribution in [0, 0.1) is 0 Å². The second-order valence-electron chi connectivity index (χ2n) is 7.76. The van der Waals surface area contributed by atoms with Crippen molar-refractivity contribution in [2.24, 2.45) is 0 Å². The number of anilines is 3. The SMILES string of the molecule is CCOC(=O)c1ccc(N2C(=O)C(Cl)=C(Nc3cccc(C(=O)Nc4ccccc4OC)c3)C2=O)cc1. The van der Waals surface area contributed by atoms with Crippen LogP contribution in [0.3, 0.4) is 0 Å². The third kappa shape index (κ3) is 5.31. The van der Waals surface area contributed by atoms with Crippen LogP contribution in [0.25, 0.3) is 0 Å². The van der Waals surface area contributed by atoms with E-state index in [2.05, 4.69) is 10.6 Å². The molecule has 0 fully saturated rings. The molecule has 188 valence electrons. The molecule has 9 nitrogen and oxygen atoms in total. The van der Waals surface area contributed by atoms with Crippen molar-refractivity contribution in [1.29, 1.82) is 0 Å². The maximum absolute atomic E-state index is 13.1. The Balaban J connectivity index is 1.51. The van der Waals surface area contributed by atoms with Gasteiger partial charge in [-0.3, -0.25) is 14.4 Å². The lowest BCUT2D eigenvalue weighted by molar-refractivity contribution is -0.120. The van der Waals surface area contributed by atoms with Crippen LogP contribution < -0.4 is 20.3 Å². The van der Waals surface area contributed by atoms with E-state index in [1.165, 1.54) is 37.4 Å². The van der Waals surface area contributed by atoms with E-state index in [4.69, 9.17) is 21.1 Å². The molecule has 1 heterocycles. The van der Waals surface area contributed by atoms with Crippen LogP contribution in [0.1, 0.15) is 27.6 Å². The molecule has 37 heavy (non-hydrogen) atoms. The molecule has 3 amide bonds. The van der Waals surface area contributed by atoms with Gasteiger partial charge in [0.25, 0.3) is 17.7 Å². The Morgan fingerprint density at radius 2 is 1.65 bits per heavy atom. The Morgan fingerprint density at radius 1 is 0.919 bits per heavy atom. The first-order valence-corrected chi connectivity index (χ1v) is 11.6. The van der Waals surface area contributed by atoms with Crippen molar-refractivity contribution < 1.29 is 28.7 Å². The molecule has 3 aromatic rings. The largest absolute Gasteiger partial charge is 0.495 e. The first-order chi connectivity index (χ1) is 17.8. The number of rotatable bonds is 8. The lowest BCUT2D eigenvalue weighted by Crippen LogP contribution is -2.32. The Kier molecular flexibility index (Phi) is 7.55. The molecule has 4 rings (SSSR count). The summed E-state index contributed by atoms with van der Waals surface area (Å²) >= 11 is 6.22. The van der Waals surface area contributed by atoms with Crippen molar-refractivity contribution in [3.63, 3.8) is 0 Å². The molecule has 0 bridgehead atoms. The summed E-state index contributed by atoms with van der Waals surface area (Å²) in [4.78, 5) is 51.5. The van der Waals surface area contributed by atoms with E-state index < -0.39 is 23.7 Å². The number of amides is 3. The molecule has 0 atom stereocenters. The molecule has 10 heteroatoms. The highest BCUT2D eigenvalue weighted by atomic mass is 35.5. The quantitative estimate of drug-likeness (QED) is 0.331. The fraction of sp³-hybridized carbons (Fsp3) is 0.111. The molecule has 3 aromatic carbocycles. The molecule has 0 aliphatic carbocycles. The lowest BCUT2D eigenvalue weighted by atomic mass is 10.1. The fourth-order valence-corrected chi connectivity index (χ4v) is 3.84. The van der Waals surface area contributed by atoms with Crippen LogP contribution >= 0.6 is 11.6 Å². The lowest BCUT2D eigenvalue weighted by Gasteiger charge is -2.15. The van der Waals surface area contributed by atoms with Gasteiger partial charge in [-0.05, 0) is 61.5 Å². The van der Waals surface area contributed by atoms with Gasteiger partial charge in [0.15, 0.2) is 0 Å². The minimum Gasteiger partial charge on any atom is -0.495 e. The number of carbonyl (C=O) groups excluding carboxylic acids is 4. The highest BCUT2D eigenvalue weighted by Crippen LogP contribution is 2.31. The van der Waals surface area contributed by atoms with Crippen molar-refractivity contribution >= 4 is 52.4 Å². The van der Waals surface area contributed by atoms with E-state index in [1.54, 1.807) is 49.4 Å². The van der Waals surface area contributed by atoms with Crippen LogP contribution in [0.2, 0.25) is 0 Å². The molecule has 0 saturated heterocycles. The van der Waals surface area contributed by atoms with E-state index in [0.29, 0.717) is 22.7 Å². The molecule has 2 N–H and O–H groups in total. The van der Waals surface area contributed by atoms with Gasteiger partial charge < -0.3 is 20.1 Å². The Morgan fingerprint density at radius 3 is 2.35 bits per heavy atom. The fourth-order valence-electron chi connectivity index (χ4n) is 3.63. The Labute approximate surface area is 217 Å². The van der Waals surface area contributed by atoms with Gasteiger partial charge in [-0.25, -0.2) is 9.69 Å². The monoisotopic (exact) mass is 519 g/mol. The van der Waals surface area contributed by atoms with E-state index in [9.17, 15) is 19.2 Å². The number of hydrogen-bond acceptors (Lipinski definition) is 7. The average Bonchev–Trinajstić information content (AvgIpc) is 3.12. The number of esters is 1. The third-order valence-electron chi connectivity index (χ3n) is 5.41. The molecule has 0 radical (unpaired) electrons. The zero-order valence-corrected chi connectivity index (χ0v) is 20.7. The van der Waals surface area contributed by atoms with Crippen molar-refractivity contribution in [2.45, 2.75) is 6.92 Å². The van der Waals surface area contributed by atoms with Crippen molar-refractivity contribution in [3.05, 3.63) is 94.7 Å². The summed E-state index contributed by atoms with van der Waals surface area (Å²) < 4.78 is 10.2. The van der Waals surface area contributed by atoms with Crippen molar-refractivity contribution in [1.82, 2.24) is 0 Å². The number of nitrogens with zero attached hydrogens (tertiary/aromatic N) is 1. The minimum atomic E-state index is -0.719. The van der Waals surface area contributed by atoms with Gasteiger partial charge in [0.2, 0.25) is 0 Å². The smallest absolute Gasteiger partial charge is 0.338 e. The predicted octanol–water partition coefficient (Wildman–Crippen LogP) is 4.56. The number of methoxy groups -OCH3 is 1. The molecular weight excluding hydrogens is 498 g/mol. The van der Waals surface area contributed by atoms with Crippen LogP contribution in [-0.2, 0) is 14.3 Å². The molecular formula is C27H22ClN3O6. The van der Waals surface area contributed by atoms with Gasteiger partial charge in [0, 0.05) is 11.3 Å². The first kappa shape index (κ1) is 25.5. The number of hydrogen-bond donors (Lipinski definition) is 2. The summed E-state index contributed by atoms with van der Waals surface area (Å²) in [5.41, 5.74) is 1.56. The van der Waals surface area contributed by atoms with Gasteiger partial charge in [-0.15, -0.1) is 0 Å². The van der Waals surface area contributed by atoms with E-state index >= 15 is 0 Å². The van der Waals surface area contributed by atoms with Gasteiger partial charge in [-0.1, -0.05) is 29.8 Å². The molecule has 0 spiro atoms. The number of benzene rings is 3. The maximum atomic E-state index is 13.1. The summed E-state index contributed by atoms with van der Waals surface area (Å²) in [6.45, 7) is 1.92. The van der Waals surface area contributed by atoms with Gasteiger partial charge in [0.05, 0.1) is 30.7 Å². The number of imide groups is 1. The zero-order chi connectivity index (χ0) is 26.5. The predicted molar refractivity (Wildman–Crippen MR) is 139 cm³/mol.